The van der Waals surface area contributed by atoms with Gasteiger partial charge in [-0.1, -0.05) is 31.1 Å². The molecule has 1 amide bonds. The number of esters is 2. The fraction of sp³-hybridized carbons (Fsp3) is 0.225. The van der Waals surface area contributed by atoms with Crippen LogP contribution in [-0.2, 0) is 25.2 Å². The van der Waals surface area contributed by atoms with Gasteiger partial charge in [0, 0.05) is 34.5 Å². The van der Waals surface area contributed by atoms with Gasteiger partial charge in [0.15, 0.2) is 0 Å². The molecule has 0 saturated carbocycles. The van der Waals surface area contributed by atoms with E-state index in [2.05, 4.69) is 30.3 Å². The highest BCUT2D eigenvalue weighted by atomic mass is 19.4. The van der Waals surface area contributed by atoms with E-state index in [4.69, 9.17) is 18.9 Å². The summed E-state index contributed by atoms with van der Waals surface area (Å²) < 4.78 is 63.8. The molecule has 264 valence electrons. The Morgan fingerprint density at radius 1 is 0.667 bits per heavy atom. The smallest absolute Gasteiger partial charge is 0.417 e. The van der Waals surface area contributed by atoms with Crippen LogP contribution in [0.3, 0.4) is 0 Å². The molecule has 4 aromatic carbocycles. The minimum atomic E-state index is -4.67. The Kier molecular flexibility index (Phi) is 13.8. The molecular weight excluding hydrogens is 663 g/mol. The van der Waals surface area contributed by atoms with Crippen molar-refractivity contribution in [2.24, 2.45) is 0 Å². The first-order chi connectivity index (χ1) is 24.5. The third kappa shape index (κ3) is 12.1. The van der Waals surface area contributed by atoms with E-state index in [1.807, 2.05) is 0 Å². The van der Waals surface area contributed by atoms with Crippen LogP contribution in [0.4, 0.5) is 18.9 Å². The lowest BCUT2D eigenvalue weighted by molar-refractivity contribution is -0.138. The Bertz CT molecular complexity index is 1910. The van der Waals surface area contributed by atoms with Gasteiger partial charge in [-0.2, -0.15) is 13.2 Å². The lowest BCUT2D eigenvalue weighted by atomic mass is 9.99. The van der Waals surface area contributed by atoms with Crippen molar-refractivity contribution in [1.82, 2.24) is 0 Å². The van der Waals surface area contributed by atoms with Gasteiger partial charge in [-0.15, -0.1) is 0 Å². The molecule has 0 bridgehead atoms. The fourth-order valence-electron chi connectivity index (χ4n) is 4.68. The van der Waals surface area contributed by atoms with Crippen molar-refractivity contribution in [2.45, 2.75) is 31.9 Å². The zero-order valence-electron chi connectivity index (χ0n) is 27.7. The average Bonchev–Trinajstić information content (AvgIpc) is 3.13. The van der Waals surface area contributed by atoms with Crippen molar-refractivity contribution in [2.75, 3.05) is 31.7 Å². The summed E-state index contributed by atoms with van der Waals surface area (Å²) in [5.74, 6) is 5.43. The molecule has 0 aromatic heterocycles. The van der Waals surface area contributed by atoms with Gasteiger partial charge in [-0.05, 0) is 109 Å². The number of hydrogen-bond acceptors (Lipinski definition) is 7. The van der Waals surface area contributed by atoms with Crippen LogP contribution in [0.2, 0.25) is 0 Å². The van der Waals surface area contributed by atoms with Crippen LogP contribution in [0.1, 0.15) is 52.7 Å². The Hall–Kier alpha value is -6.02. The van der Waals surface area contributed by atoms with Gasteiger partial charge < -0.3 is 24.3 Å². The molecule has 0 radical (unpaired) electrons. The summed E-state index contributed by atoms with van der Waals surface area (Å²) in [7, 11) is 0. The lowest BCUT2D eigenvalue weighted by Gasteiger charge is -2.13. The predicted molar refractivity (Wildman–Crippen MR) is 188 cm³/mol. The van der Waals surface area contributed by atoms with E-state index in [1.54, 1.807) is 54.6 Å². The minimum Gasteiger partial charge on any atom is -0.494 e. The Morgan fingerprint density at radius 2 is 1.20 bits per heavy atom. The standard InChI is InChI=1S/C40H36F3NO7/c1-3-37(45)50-23-7-5-21-48-33-17-11-28(12-18-33)9-10-29-25-31-13-16-32(27-35(31)36(26-29)40(41,42)43)44-39(47)30-14-19-34(20-15-30)49-22-6-8-24-51-38(46)4-2/h3-4,11-20,25-27H,1-2,5-8,21-24H2,(H,44,47). The number of rotatable bonds is 16. The Labute approximate surface area is 293 Å². The van der Waals surface area contributed by atoms with E-state index >= 15 is 0 Å². The van der Waals surface area contributed by atoms with E-state index < -0.39 is 29.6 Å². The highest BCUT2D eigenvalue weighted by Crippen LogP contribution is 2.37. The number of anilines is 1. The van der Waals surface area contributed by atoms with Crippen LogP contribution in [-0.4, -0.2) is 44.3 Å². The topological polar surface area (TPSA) is 100 Å². The predicted octanol–water partition coefficient (Wildman–Crippen LogP) is 8.29. The van der Waals surface area contributed by atoms with Crippen LogP contribution in [0.5, 0.6) is 11.5 Å². The highest BCUT2D eigenvalue weighted by molar-refractivity contribution is 6.05. The molecule has 0 unspecified atom stereocenters. The van der Waals surface area contributed by atoms with Gasteiger partial charge in [0.25, 0.3) is 5.91 Å². The molecule has 0 aliphatic rings. The molecule has 0 heterocycles. The van der Waals surface area contributed by atoms with Crippen LogP contribution >= 0.6 is 0 Å². The maximum Gasteiger partial charge on any atom is 0.417 e. The summed E-state index contributed by atoms with van der Waals surface area (Å²) >= 11 is 0. The van der Waals surface area contributed by atoms with Gasteiger partial charge in [-0.3, -0.25) is 4.79 Å². The molecule has 0 aliphatic heterocycles. The van der Waals surface area contributed by atoms with Crippen molar-refractivity contribution in [3.63, 3.8) is 0 Å². The van der Waals surface area contributed by atoms with E-state index in [0.717, 1.165) is 18.2 Å². The van der Waals surface area contributed by atoms with E-state index in [1.165, 1.54) is 18.2 Å². The zero-order chi connectivity index (χ0) is 36.6. The van der Waals surface area contributed by atoms with E-state index in [9.17, 15) is 27.6 Å². The fourth-order valence-corrected chi connectivity index (χ4v) is 4.68. The van der Waals surface area contributed by atoms with Crippen molar-refractivity contribution < 1.29 is 46.5 Å². The first-order valence-corrected chi connectivity index (χ1v) is 16.1. The molecule has 0 aliphatic carbocycles. The summed E-state index contributed by atoms with van der Waals surface area (Å²) in [4.78, 5) is 35.0. The Morgan fingerprint density at radius 3 is 1.75 bits per heavy atom. The van der Waals surface area contributed by atoms with Crippen LogP contribution in [0.15, 0.2) is 104 Å². The summed E-state index contributed by atoms with van der Waals surface area (Å²) in [6, 6.07) is 20.1. The molecule has 4 aromatic rings. The summed E-state index contributed by atoms with van der Waals surface area (Å²) in [6.07, 6.45) is 0.111. The van der Waals surface area contributed by atoms with Crippen molar-refractivity contribution >= 4 is 34.3 Å². The quantitative estimate of drug-likeness (QED) is 0.0544. The number of ether oxygens (including phenoxy) is 4. The van der Waals surface area contributed by atoms with Crippen molar-refractivity contribution in [3.05, 3.63) is 126 Å². The molecule has 0 saturated heterocycles. The van der Waals surface area contributed by atoms with Gasteiger partial charge in [-0.25, -0.2) is 9.59 Å². The first kappa shape index (κ1) is 37.8. The van der Waals surface area contributed by atoms with Gasteiger partial charge >= 0.3 is 18.1 Å². The lowest BCUT2D eigenvalue weighted by Crippen LogP contribution is -2.12. The number of alkyl halides is 3. The molecule has 8 nitrogen and oxygen atoms in total. The monoisotopic (exact) mass is 699 g/mol. The first-order valence-electron chi connectivity index (χ1n) is 16.1. The second-order valence-corrected chi connectivity index (χ2v) is 11.1. The number of fused-ring (bicyclic) bond motifs is 1. The number of benzene rings is 4. The van der Waals surface area contributed by atoms with Crippen LogP contribution < -0.4 is 14.8 Å². The van der Waals surface area contributed by atoms with Gasteiger partial charge in [0.2, 0.25) is 0 Å². The highest BCUT2D eigenvalue weighted by Gasteiger charge is 2.33. The third-order valence-electron chi connectivity index (χ3n) is 7.28. The number of hydrogen-bond donors (Lipinski definition) is 1. The summed E-state index contributed by atoms with van der Waals surface area (Å²) in [6.45, 7) is 8.01. The maximum absolute atomic E-state index is 14.2. The largest absolute Gasteiger partial charge is 0.494 e. The molecule has 11 heteroatoms. The summed E-state index contributed by atoms with van der Waals surface area (Å²) in [5.41, 5.74) is 0.400. The summed E-state index contributed by atoms with van der Waals surface area (Å²) in [5, 5.41) is 2.91. The van der Waals surface area contributed by atoms with Crippen molar-refractivity contribution in [3.8, 4) is 23.3 Å². The minimum absolute atomic E-state index is 0.0748. The van der Waals surface area contributed by atoms with Gasteiger partial charge in [0.1, 0.15) is 11.5 Å². The second kappa shape index (κ2) is 18.7. The number of nitrogens with one attached hydrogen (secondary N) is 1. The van der Waals surface area contributed by atoms with E-state index in [-0.39, 0.29) is 29.9 Å². The van der Waals surface area contributed by atoms with Gasteiger partial charge in [0.05, 0.1) is 32.0 Å². The average molecular weight is 700 g/mol. The SMILES string of the molecule is C=CC(=O)OCCCCOc1ccc(C#Cc2cc(C(F)(F)F)c3cc(NC(=O)c4ccc(OCCCCOC(=O)C=C)cc4)ccc3c2)cc1. The van der Waals surface area contributed by atoms with Crippen LogP contribution in [0, 0.1) is 11.8 Å². The van der Waals surface area contributed by atoms with Crippen LogP contribution in [0.25, 0.3) is 10.8 Å². The maximum atomic E-state index is 14.2. The third-order valence-corrected chi connectivity index (χ3v) is 7.28. The molecule has 4 rings (SSSR count). The second-order valence-electron chi connectivity index (χ2n) is 11.1. The molecule has 0 spiro atoms. The molecule has 1 N–H and O–H groups in total. The number of amides is 1. The number of halogens is 3. The molecule has 0 atom stereocenters. The molecular formula is C40H36F3NO7. The molecule has 0 fully saturated rings. The normalized spacial score (nSPS) is 10.7. The Balaban J connectivity index is 1.36. The van der Waals surface area contributed by atoms with E-state index in [0.29, 0.717) is 66.9 Å². The zero-order valence-corrected chi connectivity index (χ0v) is 27.7. The number of carbonyl (C=O) groups is 3. The number of unbranched alkanes of at least 4 members (excludes halogenated alkanes) is 2. The molecule has 51 heavy (non-hydrogen) atoms. The number of carbonyl (C=O) groups excluding carboxylic acids is 3. The van der Waals surface area contributed by atoms with Crippen molar-refractivity contribution in [1.29, 1.82) is 0 Å².